The lowest BCUT2D eigenvalue weighted by molar-refractivity contribution is 0.104. The molecule has 4 aromatic carbocycles. The summed E-state index contributed by atoms with van der Waals surface area (Å²) in [6.07, 6.45) is 0. The largest absolute Gasteiger partial charge is 0.744 e. The maximum Gasteiger partial charge on any atom is 0.256 e. The maximum absolute atomic E-state index is 14.0. The number of aromatic nitrogens is 1. The van der Waals surface area contributed by atoms with Gasteiger partial charge in [0.15, 0.2) is 5.78 Å². The monoisotopic (exact) mass is 677 g/mol. The number of aryl methyl sites for hydroxylation is 2. The normalized spacial score (nSPS) is 12.5. The number of hydrogen-bond acceptors (Lipinski definition) is 6. The van der Waals surface area contributed by atoms with Gasteiger partial charge in [0, 0.05) is 31.6 Å². The molecule has 200 valence electrons. The highest BCUT2D eigenvalue weighted by Crippen LogP contribution is 2.43. The molecule has 6 rings (SSSR count). The van der Waals surface area contributed by atoms with Crippen LogP contribution in [0.3, 0.4) is 0 Å². The molecule has 0 spiro atoms. The second-order valence-corrected chi connectivity index (χ2v) is 12.7. The zero-order chi connectivity index (χ0) is 28.5. The molecule has 0 saturated carbocycles. The van der Waals surface area contributed by atoms with Gasteiger partial charge in [0.25, 0.3) is 5.56 Å². The highest BCUT2D eigenvalue weighted by molar-refractivity contribution is 9.11. The van der Waals surface area contributed by atoms with Crippen LogP contribution in [0.1, 0.15) is 27.0 Å². The summed E-state index contributed by atoms with van der Waals surface area (Å²) in [5.41, 5.74) is 5.02. The van der Waals surface area contributed by atoms with E-state index in [0.29, 0.717) is 60.3 Å². The molecule has 1 aromatic heterocycles. The van der Waals surface area contributed by atoms with Gasteiger partial charge in [0.1, 0.15) is 10.1 Å². The predicted molar refractivity (Wildman–Crippen MR) is 161 cm³/mol. The van der Waals surface area contributed by atoms with Crippen LogP contribution in [0.25, 0.3) is 27.7 Å². The minimum atomic E-state index is -4.70. The van der Waals surface area contributed by atoms with Crippen molar-refractivity contribution in [2.75, 3.05) is 5.32 Å². The van der Waals surface area contributed by atoms with Crippen molar-refractivity contribution in [3.8, 4) is 16.8 Å². The first kappa shape index (κ1) is 26.6. The van der Waals surface area contributed by atoms with E-state index in [0.717, 1.165) is 10.0 Å². The van der Waals surface area contributed by atoms with E-state index in [4.69, 9.17) is 0 Å². The number of pyridine rings is 1. The van der Waals surface area contributed by atoms with Crippen LogP contribution in [0.5, 0.6) is 0 Å². The fourth-order valence-electron chi connectivity index (χ4n) is 5.19. The van der Waals surface area contributed by atoms with Crippen LogP contribution >= 0.6 is 31.9 Å². The minimum absolute atomic E-state index is 0.241. The Balaban J connectivity index is 1.67. The summed E-state index contributed by atoms with van der Waals surface area (Å²) in [6.45, 7) is 3.49. The molecule has 1 heterocycles. The summed E-state index contributed by atoms with van der Waals surface area (Å²) in [7, 11) is -4.70. The Hall–Kier alpha value is -3.57. The smallest absolute Gasteiger partial charge is 0.256 e. The van der Waals surface area contributed by atoms with Gasteiger partial charge in [-0.1, -0.05) is 46.3 Å². The van der Waals surface area contributed by atoms with Crippen LogP contribution in [0.15, 0.2) is 91.4 Å². The molecule has 40 heavy (non-hydrogen) atoms. The number of nitrogens with zero attached hydrogens (tertiary/aromatic N) is 1. The maximum atomic E-state index is 14.0. The fourth-order valence-corrected chi connectivity index (χ4v) is 6.89. The molecule has 0 aliphatic heterocycles. The number of fused-ring (bicyclic) bond motifs is 2. The van der Waals surface area contributed by atoms with E-state index in [2.05, 4.69) is 37.2 Å². The van der Waals surface area contributed by atoms with E-state index in [-0.39, 0.29) is 16.2 Å². The van der Waals surface area contributed by atoms with E-state index >= 15 is 0 Å². The van der Waals surface area contributed by atoms with E-state index in [9.17, 15) is 22.6 Å². The van der Waals surface area contributed by atoms with Gasteiger partial charge in [0.2, 0.25) is 0 Å². The van der Waals surface area contributed by atoms with Crippen molar-refractivity contribution in [1.29, 1.82) is 0 Å². The molecule has 5 aromatic rings. The average Bonchev–Trinajstić information content (AvgIpc) is 2.90. The second-order valence-electron chi connectivity index (χ2n) is 9.60. The summed E-state index contributed by atoms with van der Waals surface area (Å²) in [5, 5.41) is 3.74. The van der Waals surface area contributed by atoms with Crippen molar-refractivity contribution in [3.63, 3.8) is 0 Å². The van der Waals surface area contributed by atoms with Crippen molar-refractivity contribution >= 4 is 70.0 Å². The number of nitrogens with one attached hydrogen (secondary N) is 1. The van der Waals surface area contributed by atoms with Crippen molar-refractivity contribution in [2.24, 2.45) is 0 Å². The molecule has 0 atom stereocenters. The zero-order valence-corrected chi connectivity index (χ0v) is 25.1. The highest BCUT2D eigenvalue weighted by Gasteiger charge is 2.30. The highest BCUT2D eigenvalue weighted by atomic mass is 79.9. The Labute approximate surface area is 246 Å². The van der Waals surface area contributed by atoms with Gasteiger partial charge in [-0.25, -0.2) is 8.42 Å². The molecule has 1 aliphatic carbocycles. The SMILES string of the molecule is Cc1cc(Br)c(-n2c(=O)cc3c4c(c(Nc5ccc(C)c(S(=O)(=O)[O-])c5)ccc42)C(=O)c2ccccc2-3)cc1Br. The Kier molecular flexibility index (Phi) is 6.34. The third-order valence-corrected chi connectivity index (χ3v) is 9.54. The van der Waals surface area contributed by atoms with Crippen molar-refractivity contribution < 1.29 is 17.8 Å². The minimum Gasteiger partial charge on any atom is -0.744 e. The molecule has 1 aliphatic rings. The van der Waals surface area contributed by atoms with Crippen LogP contribution in [-0.4, -0.2) is 23.3 Å². The van der Waals surface area contributed by atoms with E-state index in [1.54, 1.807) is 41.8 Å². The fraction of sp³-hybridized carbons (Fsp3) is 0.0667. The van der Waals surface area contributed by atoms with Crippen molar-refractivity contribution in [2.45, 2.75) is 18.7 Å². The molecule has 0 amide bonds. The Bertz CT molecular complexity index is 2100. The molecule has 0 unspecified atom stereocenters. The van der Waals surface area contributed by atoms with Crippen LogP contribution in [0, 0.1) is 13.8 Å². The molecular formula is C30H19Br2N2O5S-. The van der Waals surface area contributed by atoms with Gasteiger partial charge in [0.05, 0.1) is 27.4 Å². The van der Waals surface area contributed by atoms with E-state index in [1.165, 1.54) is 18.2 Å². The lowest BCUT2D eigenvalue weighted by atomic mass is 9.83. The average molecular weight is 679 g/mol. The number of hydrogen-bond donors (Lipinski definition) is 1. The van der Waals surface area contributed by atoms with E-state index in [1.807, 2.05) is 31.2 Å². The summed E-state index contributed by atoms with van der Waals surface area (Å²) in [5.74, 6) is -0.241. The Morgan fingerprint density at radius 3 is 2.25 bits per heavy atom. The lowest BCUT2D eigenvalue weighted by Gasteiger charge is -2.25. The standard InChI is InChI=1S/C30H20Br2N2O5S/c1-15-7-8-17(12-26(15)40(37,38)39)33-23-9-10-24-28-20(18-5-3-4-6-19(18)30(36)29(23)28)13-27(35)34(24)25-14-21(31)16(2)11-22(25)32/h3-14,33H,1-2H3,(H,37,38,39)/p-1. The lowest BCUT2D eigenvalue weighted by Crippen LogP contribution is -2.22. The molecule has 0 bridgehead atoms. The van der Waals surface area contributed by atoms with Crippen LogP contribution in [0.4, 0.5) is 11.4 Å². The Morgan fingerprint density at radius 1 is 0.800 bits per heavy atom. The summed E-state index contributed by atoms with van der Waals surface area (Å²) in [6, 6.07) is 20.3. The summed E-state index contributed by atoms with van der Waals surface area (Å²) in [4.78, 5) is 27.3. The first-order chi connectivity index (χ1) is 19.0. The molecule has 7 nitrogen and oxygen atoms in total. The first-order valence-electron chi connectivity index (χ1n) is 12.1. The number of carbonyl (C=O) groups is 1. The topological polar surface area (TPSA) is 108 Å². The van der Waals surface area contributed by atoms with Gasteiger partial charge in [-0.3, -0.25) is 14.2 Å². The number of ketones is 1. The number of carbonyl (C=O) groups excluding carboxylic acids is 1. The predicted octanol–water partition coefficient (Wildman–Crippen LogP) is 6.99. The number of rotatable bonds is 4. The Morgan fingerprint density at radius 2 is 1.52 bits per heavy atom. The van der Waals surface area contributed by atoms with Crippen LogP contribution in [0.2, 0.25) is 0 Å². The quantitative estimate of drug-likeness (QED) is 0.201. The molecule has 0 saturated heterocycles. The van der Waals surface area contributed by atoms with Crippen molar-refractivity contribution in [3.05, 3.63) is 114 Å². The molecule has 0 fully saturated rings. The number of halogens is 2. The third kappa shape index (κ3) is 4.23. The number of anilines is 2. The van der Waals surface area contributed by atoms with Gasteiger partial charge >= 0.3 is 0 Å². The second kappa shape index (κ2) is 9.52. The van der Waals surface area contributed by atoms with Gasteiger partial charge in [-0.05, 0) is 88.4 Å². The zero-order valence-electron chi connectivity index (χ0n) is 21.1. The third-order valence-electron chi connectivity index (χ3n) is 7.08. The molecular weight excluding hydrogens is 660 g/mol. The first-order valence-corrected chi connectivity index (χ1v) is 15.1. The van der Waals surface area contributed by atoms with Crippen molar-refractivity contribution in [1.82, 2.24) is 4.57 Å². The number of benzene rings is 4. The summed E-state index contributed by atoms with van der Waals surface area (Å²) < 4.78 is 38.5. The molecule has 10 heteroatoms. The van der Waals surface area contributed by atoms with Gasteiger partial charge in [-0.2, -0.15) is 0 Å². The van der Waals surface area contributed by atoms with Gasteiger partial charge in [-0.15, -0.1) is 0 Å². The summed E-state index contributed by atoms with van der Waals surface area (Å²) >= 11 is 7.16. The van der Waals surface area contributed by atoms with Crippen LogP contribution in [-0.2, 0) is 10.1 Å². The van der Waals surface area contributed by atoms with E-state index < -0.39 is 10.1 Å². The van der Waals surface area contributed by atoms with Gasteiger partial charge < -0.3 is 9.87 Å². The van der Waals surface area contributed by atoms with Crippen LogP contribution < -0.4 is 10.9 Å². The molecule has 1 N–H and O–H groups in total. The molecule has 0 radical (unpaired) electrons.